The van der Waals surface area contributed by atoms with Crippen molar-refractivity contribution in [1.82, 2.24) is 9.55 Å². The lowest BCUT2D eigenvalue weighted by Crippen LogP contribution is -2.33. The van der Waals surface area contributed by atoms with Crippen molar-refractivity contribution in [3.8, 4) is 0 Å². The summed E-state index contributed by atoms with van der Waals surface area (Å²) in [5.41, 5.74) is -3.09. The van der Waals surface area contributed by atoms with Gasteiger partial charge in [0.15, 0.2) is 0 Å². The number of rotatable bonds is 9. The molecule has 0 spiro atoms. The highest BCUT2D eigenvalue weighted by Gasteiger charge is 2.41. The Morgan fingerprint density at radius 3 is 2.09 bits per heavy atom. The van der Waals surface area contributed by atoms with E-state index in [0.29, 0.717) is 0 Å². The van der Waals surface area contributed by atoms with Crippen LogP contribution in [-0.2, 0) is 36.1 Å². The number of nitrogens with zero attached hydrogens (tertiary/aromatic N) is 1. The second kappa shape index (κ2) is 11.8. The van der Waals surface area contributed by atoms with Crippen molar-refractivity contribution in [3.05, 3.63) is 32.6 Å². The summed E-state index contributed by atoms with van der Waals surface area (Å²) in [6.45, 7) is 0.869. The van der Waals surface area contributed by atoms with Crippen LogP contribution in [0.1, 0.15) is 24.6 Å². The molecule has 0 saturated carbocycles. The van der Waals surface area contributed by atoms with E-state index in [9.17, 15) is 37.5 Å². The van der Waals surface area contributed by atoms with E-state index >= 15 is 0 Å². The first-order valence-electron chi connectivity index (χ1n) is 8.67. The first-order valence-corrected chi connectivity index (χ1v) is 14.8. The third-order valence-corrected chi connectivity index (χ3v) is 7.93. The van der Waals surface area contributed by atoms with Gasteiger partial charge in [0.2, 0.25) is 0 Å². The summed E-state index contributed by atoms with van der Waals surface area (Å²) in [4.78, 5) is 85.1. The zero-order valence-corrected chi connectivity index (χ0v) is 20.8. The predicted molar refractivity (Wildman–Crippen MR) is 109 cm³/mol. The number of aromatic amines is 1. The molecule has 8 N–H and O–H groups in total. The summed E-state index contributed by atoms with van der Waals surface area (Å²) in [5.74, 6) is 0. The first kappa shape index (κ1) is 31.7. The summed E-state index contributed by atoms with van der Waals surface area (Å²) in [6, 6.07) is 0. The molecule has 1 aromatic heterocycles. The minimum atomic E-state index is -5.59. The van der Waals surface area contributed by atoms with E-state index in [1.54, 1.807) is 0 Å². The number of phosphoric ester groups is 1. The van der Waals surface area contributed by atoms with E-state index < -0.39 is 67.0 Å². The number of phosphoric acid groups is 3. The minimum absolute atomic E-state index is 0.255. The van der Waals surface area contributed by atoms with Crippen molar-refractivity contribution in [2.24, 2.45) is 0 Å². The Morgan fingerprint density at radius 1 is 1.06 bits per heavy atom. The summed E-state index contributed by atoms with van der Waals surface area (Å²) >= 11 is 0. The van der Waals surface area contributed by atoms with Crippen LogP contribution in [0.5, 0.6) is 0 Å². The molecule has 0 radical (unpaired) electrons. The maximum atomic E-state index is 11.8. The van der Waals surface area contributed by atoms with Gasteiger partial charge in [-0.1, -0.05) is 0 Å². The Morgan fingerprint density at radius 2 is 1.60 bits per heavy atom. The van der Waals surface area contributed by atoms with Crippen LogP contribution >= 0.6 is 31.1 Å². The van der Waals surface area contributed by atoms with Gasteiger partial charge in [0.05, 0.1) is 12.7 Å². The normalized spacial score (nSPS) is 21.9. The summed E-state index contributed by atoms with van der Waals surface area (Å²) in [7, 11) is -21.1. The van der Waals surface area contributed by atoms with Gasteiger partial charge in [-0.25, -0.2) is 27.8 Å². The Balaban J connectivity index is 0.000000762. The van der Waals surface area contributed by atoms with Gasteiger partial charge >= 0.3 is 42.5 Å². The molecule has 4 atom stereocenters. The van der Waals surface area contributed by atoms with Crippen LogP contribution in [0.15, 0.2) is 15.8 Å². The second-order valence-electron chi connectivity index (χ2n) is 6.48. The maximum Gasteiger partial charge on any atom is 0.490 e. The highest BCUT2D eigenvalue weighted by Crippen LogP contribution is 2.66. The lowest BCUT2D eigenvalue weighted by molar-refractivity contribution is -0.0244. The van der Waals surface area contributed by atoms with Gasteiger partial charge in [-0.05, 0) is 19.8 Å². The first-order chi connectivity index (χ1) is 15.6. The lowest BCUT2D eigenvalue weighted by atomic mass is 10.2. The van der Waals surface area contributed by atoms with E-state index in [-0.39, 0.29) is 18.4 Å². The number of carboxylic acid groups (broad SMARTS) is 1. The number of carbonyl (C=O) groups is 1. The van der Waals surface area contributed by atoms with Crippen LogP contribution in [0.25, 0.3) is 0 Å². The molecule has 1 fully saturated rings. The molecule has 2 unspecified atom stereocenters. The molecule has 20 nitrogen and oxygen atoms in total. The Kier molecular flexibility index (Phi) is 10.7. The molecule has 0 aromatic carbocycles. The predicted octanol–water partition coefficient (Wildman–Crippen LogP) is -0.292. The zero-order valence-electron chi connectivity index (χ0n) is 17.2. The van der Waals surface area contributed by atoms with Crippen LogP contribution in [0.2, 0.25) is 0 Å². The monoisotopic (exact) mass is 592 g/mol. The van der Waals surface area contributed by atoms with Gasteiger partial charge in [0, 0.05) is 11.8 Å². The molecule has 2 heterocycles. The van der Waals surface area contributed by atoms with Crippen LogP contribution in [0.4, 0.5) is 4.79 Å². The molecular formula is C11H20N2O18P4. The fraction of sp³-hybridized carbons (Fsp3) is 0.545. The number of H-pyrrole nitrogens is 1. The summed E-state index contributed by atoms with van der Waals surface area (Å²) < 4.78 is 61.1. The fourth-order valence-corrected chi connectivity index (χ4v) is 5.34. The number of aryl methyl sites for hydroxylation is 1. The molecule has 202 valence electrons. The molecule has 2 rings (SSSR count). The number of hydrogen-bond acceptors (Lipinski definition) is 11. The molecular weight excluding hydrogens is 572 g/mol. The number of hydrogen-bond donors (Lipinski definition) is 8. The molecule has 0 aliphatic carbocycles. The van der Waals surface area contributed by atoms with Crippen LogP contribution in [0, 0.1) is 6.92 Å². The summed E-state index contributed by atoms with van der Waals surface area (Å²) in [5, 5.41) is 7.49. The van der Waals surface area contributed by atoms with Crippen molar-refractivity contribution >= 4 is 36.8 Å². The van der Waals surface area contributed by atoms with Crippen molar-refractivity contribution < 1.29 is 75.4 Å². The van der Waals surface area contributed by atoms with E-state index in [0.717, 1.165) is 4.57 Å². The third-order valence-electron chi connectivity index (χ3n) is 3.63. The van der Waals surface area contributed by atoms with Gasteiger partial charge in [0.25, 0.3) is 5.56 Å². The van der Waals surface area contributed by atoms with E-state index in [1.165, 1.54) is 13.1 Å². The second-order valence-corrected chi connectivity index (χ2v) is 12.4. The molecule has 1 aliphatic rings. The molecule has 24 heteroatoms. The van der Waals surface area contributed by atoms with Crippen LogP contribution in [-0.4, -0.2) is 62.4 Å². The number of ether oxygens (including phenoxy) is 1. The average Bonchev–Trinajstić information content (AvgIpc) is 3.08. The maximum absolute atomic E-state index is 11.8. The molecule has 0 amide bonds. The highest BCUT2D eigenvalue weighted by molar-refractivity contribution is 7.69. The lowest BCUT2D eigenvalue weighted by Gasteiger charge is -2.19. The highest BCUT2D eigenvalue weighted by atomic mass is 31.3. The Bertz CT molecular complexity index is 1230. The molecule has 35 heavy (non-hydrogen) atoms. The Labute approximate surface area is 193 Å². The van der Waals surface area contributed by atoms with Gasteiger partial charge in [0.1, 0.15) is 6.23 Å². The molecule has 1 aromatic rings. The Hall–Kier alpha value is -1.33. The van der Waals surface area contributed by atoms with Crippen LogP contribution in [0.3, 0.4) is 0 Å². The van der Waals surface area contributed by atoms with Crippen molar-refractivity contribution in [3.63, 3.8) is 0 Å². The average molecular weight is 592 g/mol. The largest absolute Gasteiger partial charge is 0.490 e. The van der Waals surface area contributed by atoms with Crippen molar-refractivity contribution in [1.29, 1.82) is 0 Å². The van der Waals surface area contributed by atoms with Gasteiger partial charge < -0.3 is 39.2 Å². The topological polar surface area (TPSA) is 319 Å². The third kappa shape index (κ3) is 11.5. The van der Waals surface area contributed by atoms with E-state index in [1.807, 2.05) is 0 Å². The van der Waals surface area contributed by atoms with Crippen molar-refractivity contribution in [2.75, 3.05) is 6.61 Å². The zero-order chi connectivity index (χ0) is 27.4. The molecule has 0 bridgehead atoms. The molecule has 1 aliphatic heterocycles. The number of aromatic nitrogens is 2. The quantitative estimate of drug-likeness (QED) is 0.171. The SMILES string of the molecule is Cc1cn([C@H]2CC[C@@H](COP(=O)(O)OP(=O)(O)OP(=O)(O)O)O2)c(=O)[nH]c1=O.O=C(O)P(=O)(O)O. The minimum Gasteiger partial charge on any atom is -0.472 e. The van der Waals surface area contributed by atoms with E-state index in [2.05, 4.69) is 18.1 Å². The standard InChI is InChI=1S/C10H17N2O13P3.CH3O5P/c1-6-4-12(10(14)11-9(6)13)8-3-2-7(23-8)5-22-27(18,19)25-28(20,21)24-26(15,16)17;2-1(3)7(4,5)6/h4,7-8H,2-3,5H2,1H3,(H,18,19)(H,20,21)(H,11,13,14)(H2,15,16,17);(H,2,3)(H2,4,5,6)/t7-,8+;/m0./s1. The van der Waals surface area contributed by atoms with Gasteiger partial charge in [-0.2, -0.15) is 8.62 Å². The van der Waals surface area contributed by atoms with Crippen LogP contribution < -0.4 is 11.2 Å². The summed E-state index contributed by atoms with van der Waals surface area (Å²) in [6.07, 6.45) is 0.212. The number of nitrogens with one attached hydrogen (secondary N) is 1. The van der Waals surface area contributed by atoms with E-state index in [4.69, 9.17) is 34.3 Å². The molecule has 1 saturated heterocycles. The van der Waals surface area contributed by atoms with Crippen molar-refractivity contribution in [2.45, 2.75) is 32.1 Å². The van der Waals surface area contributed by atoms with Gasteiger partial charge in [-0.15, -0.1) is 0 Å². The smallest absolute Gasteiger partial charge is 0.472 e. The van der Waals surface area contributed by atoms with Gasteiger partial charge in [-0.3, -0.25) is 18.9 Å². The fourth-order valence-electron chi connectivity index (χ4n) is 2.29.